The summed E-state index contributed by atoms with van der Waals surface area (Å²) in [6.45, 7) is 4.42. The second-order valence-electron chi connectivity index (χ2n) is 9.35. The lowest BCUT2D eigenvalue weighted by Gasteiger charge is -2.23. The van der Waals surface area contributed by atoms with Crippen LogP contribution in [0, 0.1) is 5.92 Å². The number of carbonyl (C=O) groups is 4. The van der Waals surface area contributed by atoms with Crippen LogP contribution in [0.3, 0.4) is 0 Å². The largest absolute Gasteiger partial charge is 0.486 e. The number of nitrogens with one attached hydrogen (secondary N) is 3. The van der Waals surface area contributed by atoms with Crippen molar-refractivity contribution in [1.82, 2.24) is 20.5 Å². The van der Waals surface area contributed by atoms with Crippen LogP contribution in [0.25, 0.3) is 0 Å². The zero-order valence-corrected chi connectivity index (χ0v) is 22.2. The van der Waals surface area contributed by atoms with Gasteiger partial charge in [0.2, 0.25) is 10.0 Å². The number of sulfonamides is 1. The minimum Gasteiger partial charge on any atom is -0.486 e. The minimum atomic E-state index is -4.19. The number of esters is 1. The number of hydrogen-bond acceptors (Lipinski definition) is 9. The second kappa shape index (κ2) is 10.9. The van der Waals surface area contributed by atoms with Gasteiger partial charge < -0.3 is 19.5 Å². The lowest BCUT2D eigenvalue weighted by atomic mass is 9.92. The zero-order chi connectivity index (χ0) is 28.4. The van der Waals surface area contributed by atoms with E-state index in [1.165, 1.54) is 25.1 Å². The molecule has 2 atom stereocenters. The SMILES string of the molecule is CC(C)[C@H](NS(=O)(=O)c1ccc2c(c1)OCCO2)C(=O)OCC(=O)NN1C(=O)N[C@@](C)(c2ccccc2)C1=O. The Bertz CT molecular complexity index is 1400. The summed E-state index contributed by atoms with van der Waals surface area (Å²) in [6, 6.07) is 10.3. The summed E-state index contributed by atoms with van der Waals surface area (Å²) >= 11 is 0. The van der Waals surface area contributed by atoms with E-state index in [0.717, 1.165) is 0 Å². The van der Waals surface area contributed by atoms with Crippen molar-refractivity contribution in [2.45, 2.75) is 37.2 Å². The van der Waals surface area contributed by atoms with Crippen molar-refractivity contribution in [2.24, 2.45) is 5.92 Å². The Morgan fingerprint density at radius 1 is 1.08 bits per heavy atom. The first-order valence-electron chi connectivity index (χ1n) is 12.0. The van der Waals surface area contributed by atoms with Crippen molar-refractivity contribution in [3.63, 3.8) is 0 Å². The molecular formula is C25H28N4O9S. The van der Waals surface area contributed by atoms with Crippen LogP contribution in [0.4, 0.5) is 4.79 Å². The van der Waals surface area contributed by atoms with E-state index >= 15 is 0 Å². The fourth-order valence-electron chi connectivity index (χ4n) is 3.97. The number of benzene rings is 2. The van der Waals surface area contributed by atoms with Gasteiger partial charge in [-0.1, -0.05) is 44.2 Å². The Kier molecular flexibility index (Phi) is 7.79. The van der Waals surface area contributed by atoms with E-state index < -0.39 is 57.9 Å². The number of fused-ring (bicyclic) bond motifs is 1. The number of ether oxygens (including phenoxy) is 3. The highest BCUT2D eigenvalue weighted by atomic mass is 32.2. The Hall–Kier alpha value is -4.17. The van der Waals surface area contributed by atoms with Crippen LogP contribution in [0.15, 0.2) is 53.4 Å². The molecule has 208 valence electrons. The molecule has 2 aromatic carbocycles. The molecule has 13 nitrogen and oxygen atoms in total. The normalized spacial score (nSPS) is 19.4. The average molecular weight is 561 g/mol. The number of imide groups is 1. The molecule has 2 heterocycles. The van der Waals surface area contributed by atoms with Gasteiger partial charge in [0.25, 0.3) is 11.8 Å². The molecular weight excluding hydrogens is 532 g/mol. The standard InChI is InChI=1S/C25H28N4O9S/c1-15(2)21(28-39(34,35)17-9-10-18-19(13-17)37-12-11-36-18)22(31)38-14-20(30)27-29-23(32)25(3,26-24(29)33)16-7-5-4-6-8-16/h4-10,13,15,21,28H,11-12,14H2,1-3H3,(H,26,33)(H,27,30)/t21-,25-/m0/s1. The third kappa shape index (κ3) is 5.81. The van der Waals surface area contributed by atoms with E-state index in [1.54, 1.807) is 44.2 Å². The molecule has 0 aliphatic carbocycles. The Labute approximate surface area is 224 Å². The number of rotatable bonds is 9. The van der Waals surface area contributed by atoms with Gasteiger partial charge >= 0.3 is 12.0 Å². The van der Waals surface area contributed by atoms with E-state index in [1.807, 2.05) is 0 Å². The minimum absolute atomic E-state index is 0.150. The Morgan fingerprint density at radius 2 is 1.74 bits per heavy atom. The van der Waals surface area contributed by atoms with E-state index in [2.05, 4.69) is 15.5 Å². The van der Waals surface area contributed by atoms with E-state index in [-0.39, 0.29) is 17.3 Å². The molecule has 2 aromatic rings. The summed E-state index contributed by atoms with van der Waals surface area (Å²) in [4.78, 5) is 50.4. The Morgan fingerprint density at radius 3 is 2.41 bits per heavy atom. The van der Waals surface area contributed by atoms with Crippen LogP contribution in [0.2, 0.25) is 0 Å². The number of amides is 4. The van der Waals surface area contributed by atoms with Crippen LogP contribution in [-0.4, -0.2) is 63.1 Å². The van der Waals surface area contributed by atoms with Gasteiger partial charge in [0.05, 0.1) is 4.90 Å². The average Bonchev–Trinajstić information content (AvgIpc) is 3.14. The number of carbonyl (C=O) groups excluding carboxylic acids is 4. The molecule has 14 heteroatoms. The number of hydrogen-bond donors (Lipinski definition) is 3. The molecule has 4 rings (SSSR count). The molecule has 0 spiro atoms. The summed E-state index contributed by atoms with van der Waals surface area (Å²) in [6.07, 6.45) is 0. The summed E-state index contributed by atoms with van der Waals surface area (Å²) < 4.78 is 44.1. The summed E-state index contributed by atoms with van der Waals surface area (Å²) in [5, 5.41) is 3.04. The van der Waals surface area contributed by atoms with Crippen molar-refractivity contribution in [1.29, 1.82) is 0 Å². The highest BCUT2D eigenvalue weighted by molar-refractivity contribution is 7.89. The first-order valence-corrected chi connectivity index (χ1v) is 13.5. The molecule has 0 saturated carbocycles. The van der Waals surface area contributed by atoms with E-state index in [4.69, 9.17) is 14.2 Å². The first kappa shape index (κ1) is 27.9. The molecule has 1 saturated heterocycles. The van der Waals surface area contributed by atoms with Crippen molar-refractivity contribution < 1.29 is 41.8 Å². The molecule has 1 fully saturated rings. The predicted molar refractivity (Wildman–Crippen MR) is 135 cm³/mol. The molecule has 4 amide bonds. The molecule has 0 unspecified atom stereocenters. The van der Waals surface area contributed by atoms with Gasteiger partial charge in [-0.15, -0.1) is 0 Å². The molecule has 0 aromatic heterocycles. The van der Waals surface area contributed by atoms with Gasteiger partial charge in [-0.25, -0.2) is 13.2 Å². The van der Waals surface area contributed by atoms with E-state index in [0.29, 0.717) is 22.9 Å². The molecule has 2 aliphatic rings. The molecule has 2 aliphatic heterocycles. The second-order valence-corrected chi connectivity index (χ2v) is 11.1. The first-order chi connectivity index (χ1) is 18.4. The fraction of sp³-hybridized carbons (Fsp3) is 0.360. The number of nitrogens with zero attached hydrogens (tertiary/aromatic N) is 1. The van der Waals surface area contributed by atoms with Crippen LogP contribution < -0.4 is 24.9 Å². The maximum atomic E-state index is 13.0. The smallest absolute Gasteiger partial charge is 0.344 e. The van der Waals surface area contributed by atoms with Crippen molar-refractivity contribution in [3.05, 3.63) is 54.1 Å². The van der Waals surface area contributed by atoms with Gasteiger partial charge in [0.1, 0.15) is 24.8 Å². The third-order valence-corrected chi connectivity index (χ3v) is 7.59. The van der Waals surface area contributed by atoms with Gasteiger partial charge in [-0.05, 0) is 30.5 Å². The molecule has 0 bridgehead atoms. The Balaban J connectivity index is 1.37. The van der Waals surface area contributed by atoms with Gasteiger partial charge in [0, 0.05) is 6.07 Å². The summed E-state index contributed by atoms with van der Waals surface area (Å²) in [5.41, 5.74) is 1.23. The molecule has 39 heavy (non-hydrogen) atoms. The summed E-state index contributed by atoms with van der Waals surface area (Å²) in [5.74, 6) is -2.61. The lowest BCUT2D eigenvalue weighted by molar-refractivity contribution is -0.152. The number of urea groups is 1. The van der Waals surface area contributed by atoms with Crippen LogP contribution >= 0.6 is 0 Å². The van der Waals surface area contributed by atoms with Gasteiger partial charge in [-0.3, -0.25) is 19.8 Å². The van der Waals surface area contributed by atoms with Crippen molar-refractivity contribution in [3.8, 4) is 11.5 Å². The summed E-state index contributed by atoms with van der Waals surface area (Å²) in [7, 11) is -4.19. The molecule has 0 radical (unpaired) electrons. The predicted octanol–water partition coefficient (Wildman–Crippen LogP) is 0.802. The highest BCUT2D eigenvalue weighted by Gasteiger charge is 2.50. The van der Waals surface area contributed by atoms with Gasteiger partial charge in [-0.2, -0.15) is 9.73 Å². The van der Waals surface area contributed by atoms with Crippen LogP contribution in [-0.2, 0) is 34.7 Å². The molecule has 3 N–H and O–H groups in total. The van der Waals surface area contributed by atoms with Crippen LogP contribution in [0.1, 0.15) is 26.3 Å². The monoisotopic (exact) mass is 560 g/mol. The maximum absolute atomic E-state index is 13.0. The topological polar surface area (TPSA) is 169 Å². The third-order valence-electron chi connectivity index (χ3n) is 6.15. The fourth-order valence-corrected chi connectivity index (χ4v) is 5.32. The van der Waals surface area contributed by atoms with Crippen molar-refractivity contribution in [2.75, 3.05) is 19.8 Å². The zero-order valence-electron chi connectivity index (χ0n) is 21.4. The lowest BCUT2D eigenvalue weighted by Crippen LogP contribution is -2.50. The highest BCUT2D eigenvalue weighted by Crippen LogP contribution is 2.32. The van der Waals surface area contributed by atoms with Crippen molar-refractivity contribution >= 4 is 33.8 Å². The quantitative estimate of drug-likeness (QED) is 0.297. The van der Waals surface area contributed by atoms with Crippen LogP contribution in [0.5, 0.6) is 11.5 Å². The number of hydrazine groups is 1. The van der Waals surface area contributed by atoms with Gasteiger partial charge in [0.15, 0.2) is 18.1 Å². The maximum Gasteiger partial charge on any atom is 0.344 e. The van der Waals surface area contributed by atoms with E-state index in [9.17, 15) is 27.6 Å².